The molecule has 0 spiro atoms. The molecule has 124 valence electrons. The summed E-state index contributed by atoms with van der Waals surface area (Å²) in [6.07, 6.45) is 11.3. The molecule has 0 aromatic carbocycles. The van der Waals surface area contributed by atoms with E-state index in [1.54, 1.807) is 0 Å². The molecule has 0 N–H and O–H groups in total. The van der Waals surface area contributed by atoms with Crippen LogP contribution >= 0.6 is 0 Å². The molecule has 0 radical (unpaired) electrons. The fraction of sp³-hybridized carbons (Fsp3) is 1.00. The Balaban J connectivity index is 2.23. The molecule has 2 saturated carbocycles. The van der Waals surface area contributed by atoms with E-state index in [1.165, 1.54) is 51.4 Å². The van der Waals surface area contributed by atoms with Crippen LogP contribution in [0.5, 0.6) is 0 Å². The van der Waals surface area contributed by atoms with Crippen LogP contribution in [0.15, 0.2) is 0 Å². The summed E-state index contributed by atoms with van der Waals surface area (Å²) >= 11 is 0. The molecule has 2 nitrogen and oxygen atoms in total. The number of rotatable bonds is 7. The molecule has 2 heteroatoms. The Bertz CT molecular complexity index is 292. The van der Waals surface area contributed by atoms with Crippen LogP contribution in [0.2, 0.25) is 0 Å². The van der Waals surface area contributed by atoms with Crippen LogP contribution in [0.3, 0.4) is 0 Å². The van der Waals surface area contributed by atoms with E-state index in [0.29, 0.717) is 5.92 Å². The van der Waals surface area contributed by atoms with E-state index >= 15 is 0 Å². The second kappa shape index (κ2) is 7.97. The first kappa shape index (κ1) is 17.3. The average Bonchev–Trinajstić information content (AvgIpc) is 2.46. The molecule has 0 amide bonds. The Kier molecular flexibility index (Phi) is 6.55. The first-order valence-corrected chi connectivity index (χ1v) is 9.11. The summed E-state index contributed by atoms with van der Waals surface area (Å²) in [6.45, 7) is 6.43. The van der Waals surface area contributed by atoms with Gasteiger partial charge in [-0.15, -0.1) is 0 Å². The van der Waals surface area contributed by atoms with Crippen molar-refractivity contribution >= 4 is 0 Å². The maximum atomic E-state index is 5.71. The summed E-state index contributed by atoms with van der Waals surface area (Å²) in [7, 11) is 3.73. The van der Waals surface area contributed by atoms with Gasteiger partial charge >= 0.3 is 0 Å². The number of methoxy groups -OCH3 is 2. The lowest BCUT2D eigenvalue weighted by molar-refractivity contribution is -0.0896. The molecular formula is C19H36O2. The fourth-order valence-corrected chi connectivity index (χ4v) is 5.61. The Labute approximate surface area is 132 Å². The van der Waals surface area contributed by atoms with Crippen LogP contribution in [0.1, 0.15) is 65.2 Å². The molecule has 0 bridgehead atoms. The lowest BCUT2D eigenvalue weighted by Crippen LogP contribution is -2.47. The Morgan fingerprint density at radius 3 is 2.14 bits per heavy atom. The molecule has 0 aliphatic heterocycles. The highest BCUT2D eigenvalue weighted by Crippen LogP contribution is 2.52. The number of hydrogen-bond acceptors (Lipinski definition) is 2. The van der Waals surface area contributed by atoms with Crippen molar-refractivity contribution in [2.24, 2.45) is 29.1 Å². The highest BCUT2D eigenvalue weighted by molar-refractivity contribution is 4.96. The minimum absolute atomic E-state index is 0.234. The standard InChI is InChI=1S/C19H36O2/c1-15(2)12-19(13-20-3,14-21-4)18-11-7-9-16-8-5-6-10-17(16)18/h15-18H,5-14H2,1-4H3. The van der Waals surface area contributed by atoms with Gasteiger partial charge in [0.25, 0.3) is 0 Å². The zero-order valence-electron chi connectivity index (χ0n) is 14.7. The maximum Gasteiger partial charge on any atom is 0.0543 e. The van der Waals surface area contributed by atoms with E-state index in [4.69, 9.17) is 9.47 Å². The van der Waals surface area contributed by atoms with Gasteiger partial charge in [0.15, 0.2) is 0 Å². The van der Waals surface area contributed by atoms with Gasteiger partial charge in [0, 0.05) is 19.6 Å². The SMILES string of the molecule is COCC(COC)(CC(C)C)C1CCCC2CCCCC21. The van der Waals surface area contributed by atoms with Crippen molar-refractivity contribution in [3.8, 4) is 0 Å². The monoisotopic (exact) mass is 296 g/mol. The maximum absolute atomic E-state index is 5.71. The highest BCUT2D eigenvalue weighted by atomic mass is 16.5. The molecule has 2 fully saturated rings. The summed E-state index contributed by atoms with van der Waals surface area (Å²) < 4.78 is 11.4. The zero-order valence-corrected chi connectivity index (χ0v) is 14.7. The molecule has 2 aliphatic rings. The van der Waals surface area contributed by atoms with Crippen LogP contribution in [-0.2, 0) is 9.47 Å². The fourth-order valence-electron chi connectivity index (χ4n) is 5.61. The summed E-state index contributed by atoms with van der Waals surface area (Å²) in [4.78, 5) is 0. The van der Waals surface area contributed by atoms with Gasteiger partial charge < -0.3 is 9.47 Å². The van der Waals surface area contributed by atoms with E-state index < -0.39 is 0 Å². The van der Waals surface area contributed by atoms with Crippen molar-refractivity contribution in [3.63, 3.8) is 0 Å². The summed E-state index contributed by atoms with van der Waals surface area (Å²) in [5, 5.41) is 0. The van der Waals surface area contributed by atoms with Crippen molar-refractivity contribution in [1.82, 2.24) is 0 Å². The van der Waals surface area contributed by atoms with Crippen LogP contribution in [-0.4, -0.2) is 27.4 Å². The Morgan fingerprint density at radius 1 is 0.905 bits per heavy atom. The molecule has 0 heterocycles. The Morgan fingerprint density at radius 2 is 1.52 bits per heavy atom. The van der Waals surface area contributed by atoms with Gasteiger partial charge in [0.2, 0.25) is 0 Å². The summed E-state index contributed by atoms with van der Waals surface area (Å²) in [6, 6.07) is 0. The predicted octanol–water partition coefficient (Wildman–Crippen LogP) is 4.92. The van der Waals surface area contributed by atoms with E-state index in [9.17, 15) is 0 Å². The van der Waals surface area contributed by atoms with Crippen molar-refractivity contribution in [2.75, 3.05) is 27.4 Å². The second-order valence-electron chi connectivity index (χ2n) is 8.07. The van der Waals surface area contributed by atoms with Crippen LogP contribution < -0.4 is 0 Å². The first-order chi connectivity index (χ1) is 10.1. The van der Waals surface area contributed by atoms with E-state index in [1.807, 2.05) is 14.2 Å². The smallest absolute Gasteiger partial charge is 0.0543 e. The highest BCUT2D eigenvalue weighted by Gasteiger charge is 2.47. The third kappa shape index (κ3) is 4.01. The molecule has 3 atom stereocenters. The molecule has 2 rings (SSSR count). The number of hydrogen-bond donors (Lipinski definition) is 0. The first-order valence-electron chi connectivity index (χ1n) is 9.11. The summed E-state index contributed by atoms with van der Waals surface area (Å²) in [5.74, 6) is 3.42. The van der Waals surface area contributed by atoms with E-state index in [-0.39, 0.29) is 5.41 Å². The van der Waals surface area contributed by atoms with Crippen molar-refractivity contribution in [3.05, 3.63) is 0 Å². The van der Waals surface area contributed by atoms with Gasteiger partial charge in [-0.1, -0.05) is 46.0 Å². The molecular weight excluding hydrogens is 260 g/mol. The molecule has 21 heavy (non-hydrogen) atoms. The van der Waals surface area contributed by atoms with Crippen molar-refractivity contribution in [1.29, 1.82) is 0 Å². The van der Waals surface area contributed by atoms with E-state index in [2.05, 4.69) is 13.8 Å². The third-order valence-electron chi connectivity index (χ3n) is 6.04. The summed E-state index contributed by atoms with van der Waals surface area (Å²) in [5.41, 5.74) is 0.234. The predicted molar refractivity (Wildman–Crippen MR) is 88.4 cm³/mol. The molecule has 0 aromatic heterocycles. The van der Waals surface area contributed by atoms with Gasteiger partial charge in [-0.05, 0) is 42.9 Å². The van der Waals surface area contributed by atoms with E-state index in [0.717, 1.165) is 31.0 Å². The zero-order chi connectivity index (χ0) is 15.3. The lowest BCUT2D eigenvalue weighted by atomic mass is 9.56. The van der Waals surface area contributed by atoms with Crippen LogP contribution in [0, 0.1) is 29.1 Å². The van der Waals surface area contributed by atoms with Gasteiger partial charge in [-0.3, -0.25) is 0 Å². The molecule has 2 aliphatic carbocycles. The normalized spacial score (nSPS) is 30.4. The van der Waals surface area contributed by atoms with Crippen molar-refractivity contribution < 1.29 is 9.47 Å². The van der Waals surface area contributed by atoms with Crippen LogP contribution in [0.4, 0.5) is 0 Å². The topological polar surface area (TPSA) is 18.5 Å². The minimum Gasteiger partial charge on any atom is -0.384 e. The second-order valence-corrected chi connectivity index (χ2v) is 8.07. The minimum atomic E-state index is 0.234. The largest absolute Gasteiger partial charge is 0.384 e. The number of fused-ring (bicyclic) bond motifs is 1. The van der Waals surface area contributed by atoms with Gasteiger partial charge in [0.1, 0.15) is 0 Å². The molecule has 0 saturated heterocycles. The number of ether oxygens (including phenoxy) is 2. The van der Waals surface area contributed by atoms with Crippen molar-refractivity contribution in [2.45, 2.75) is 65.2 Å². The van der Waals surface area contributed by atoms with Gasteiger partial charge in [-0.2, -0.15) is 0 Å². The Hall–Kier alpha value is -0.0800. The molecule has 3 unspecified atom stereocenters. The lowest BCUT2D eigenvalue weighted by Gasteiger charge is -2.51. The van der Waals surface area contributed by atoms with Gasteiger partial charge in [0.05, 0.1) is 13.2 Å². The third-order valence-corrected chi connectivity index (χ3v) is 6.04. The van der Waals surface area contributed by atoms with Gasteiger partial charge in [-0.25, -0.2) is 0 Å². The van der Waals surface area contributed by atoms with Crippen LogP contribution in [0.25, 0.3) is 0 Å². The average molecular weight is 296 g/mol. The molecule has 0 aromatic rings. The quantitative estimate of drug-likeness (QED) is 0.664.